The maximum absolute atomic E-state index is 12.0. The fourth-order valence-electron chi connectivity index (χ4n) is 2.30. The average molecular weight is 376 g/mol. The minimum atomic E-state index is 0.0254. The Bertz CT molecular complexity index is 670. The Labute approximate surface area is 146 Å². The normalized spacial score (nSPS) is 10.4. The minimum absolute atomic E-state index is 0.0254. The van der Waals surface area contributed by atoms with E-state index >= 15 is 0 Å². The van der Waals surface area contributed by atoms with Crippen molar-refractivity contribution in [1.29, 1.82) is 0 Å². The number of hydrogen-bond donors (Lipinski definition) is 1. The second-order valence-electron chi connectivity index (χ2n) is 5.44. The van der Waals surface area contributed by atoms with Gasteiger partial charge in [-0.15, -0.1) is 0 Å². The van der Waals surface area contributed by atoms with Crippen LogP contribution in [0.15, 0.2) is 46.9 Å². The van der Waals surface area contributed by atoms with Crippen LogP contribution in [0.2, 0.25) is 0 Å². The molecular formula is C19H22BrNO2. The van der Waals surface area contributed by atoms with E-state index in [0.29, 0.717) is 19.4 Å². The van der Waals surface area contributed by atoms with Crippen molar-refractivity contribution in [2.75, 3.05) is 11.9 Å². The monoisotopic (exact) mass is 375 g/mol. The predicted molar refractivity (Wildman–Crippen MR) is 98.1 cm³/mol. The van der Waals surface area contributed by atoms with Crippen LogP contribution in [0, 0.1) is 6.92 Å². The zero-order valence-corrected chi connectivity index (χ0v) is 15.2. The largest absolute Gasteiger partial charge is 0.492 e. The predicted octanol–water partition coefficient (Wildman–Crippen LogP) is 5.12. The van der Waals surface area contributed by atoms with Crippen molar-refractivity contribution in [1.82, 2.24) is 0 Å². The first kappa shape index (κ1) is 17.5. The summed E-state index contributed by atoms with van der Waals surface area (Å²) in [6, 6.07) is 13.9. The summed E-state index contributed by atoms with van der Waals surface area (Å²) in [6.07, 6.45) is 2.03. The van der Waals surface area contributed by atoms with Gasteiger partial charge < -0.3 is 10.1 Å². The molecule has 0 spiro atoms. The van der Waals surface area contributed by atoms with Gasteiger partial charge in [0.2, 0.25) is 5.91 Å². The number of rotatable bonds is 7. The molecule has 0 bridgehead atoms. The maximum Gasteiger partial charge on any atom is 0.224 e. The van der Waals surface area contributed by atoms with Crippen molar-refractivity contribution >= 4 is 27.5 Å². The zero-order chi connectivity index (χ0) is 16.7. The summed E-state index contributed by atoms with van der Waals surface area (Å²) < 4.78 is 6.65. The Kier molecular flexibility index (Phi) is 6.66. The van der Waals surface area contributed by atoms with E-state index < -0.39 is 0 Å². The zero-order valence-electron chi connectivity index (χ0n) is 13.6. The van der Waals surface area contributed by atoms with Crippen molar-refractivity contribution in [2.24, 2.45) is 0 Å². The molecule has 0 radical (unpaired) electrons. The molecule has 0 saturated heterocycles. The van der Waals surface area contributed by atoms with Crippen LogP contribution in [-0.2, 0) is 11.2 Å². The molecule has 0 aromatic heterocycles. The van der Waals surface area contributed by atoms with Crippen molar-refractivity contribution < 1.29 is 9.53 Å². The molecule has 0 aliphatic carbocycles. The molecule has 2 aromatic rings. The van der Waals surface area contributed by atoms with Crippen LogP contribution in [-0.4, -0.2) is 12.5 Å². The summed E-state index contributed by atoms with van der Waals surface area (Å²) in [5, 5.41) is 2.98. The number of halogens is 1. The molecule has 2 aromatic carbocycles. The number of para-hydroxylation sites is 1. The van der Waals surface area contributed by atoms with E-state index in [0.717, 1.165) is 27.9 Å². The van der Waals surface area contributed by atoms with Gasteiger partial charge >= 0.3 is 0 Å². The molecule has 122 valence electrons. The molecule has 0 aliphatic rings. The van der Waals surface area contributed by atoms with E-state index in [1.165, 1.54) is 5.56 Å². The van der Waals surface area contributed by atoms with Gasteiger partial charge in [-0.1, -0.05) is 31.2 Å². The molecule has 0 saturated carbocycles. The second-order valence-corrected chi connectivity index (χ2v) is 6.30. The molecule has 0 heterocycles. The van der Waals surface area contributed by atoms with Gasteiger partial charge in [0.25, 0.3) is 0 Å². The number of nitrogens with one attached hydrogen (secondary N) is 1. The van der Waals surface area contributed by atoms with Crippen molar-refractivity contribution in [3.05, 3.63) is 58.1 Å². The first-order valence-electron chi connectivity index (χ1n) is 7.87. The lowest BCUT2D eigenvalue weighted by Gasteiger charge is -2.11. The van der Waals surface area contributed by atoms with Crippen LogP contribution >= 0.6 is 15.9 Å². The summed E-state index contributed by atoms with van der Waals surface area (Å²) >= 11 is 3.48. The van der Waals surface area contributed by atoms with E-state index in [1.807, 2.05) is 49.4 Å². The molecule has 2 rings (SSSR count). The lowest BCUT2D eigenvalue weighted by molar-refractivity contribution is -0.116. The maximum atomic E-state index is 12.0. The summed E-state index contributed by atoms with van der Waals surface area (Å²) in [5.74, 6) is 0.838. The lowest BCUT2D eigenvalue weighted by Crippen LogP contribution is -2.14. The fraction of sp³-hybridized carbons (Fsp3) is 0.316. The lowest BCUT2D eigenvalue weighted by atomic mass is 10.1. The molecule has 0 unspecified atom stereocenters. The second kappa shape index (κ2) is 8.73. The van der Waals surface area contributed by atoms with Crippen molar-refractivity contribution in [3.8, 4) is 5.75 Å². The van der Waals surface area contributed by atoms with Gasteiger partial charge in [0.05, 0.1) is 11.1 Å². The van der Waals surface area contributed by atoms with Crippen molar-refractivity contribution in [3.63, 3.8) is 0 Å². The molecule has 4 heteroatoms. The highest BCUT2D eigenvalue weighted by Crippen LogP contribution is 2.25. The fourth-order valence-corrected chi connectivity index (χ4v) is 2.91. The number of ether oxygens (including phenoxy) is 1. The van der Waals surface area contributed by atoms with Crippen LogP contribution in [0.4, 0.5) is 5.69 Å². The third-order valence-electron chi connectivity index (χ3n) is 3.57. The highest BCUT2D eigenvalue weighted by Gasteiger charge is 2.06. The Morgan fingerprint density at radius 2 is 2.00 bits per heavy atom. The molecular weight excluding hydrogens is 354 g/mol. The van der Waals surface area contributed by atoms with Gasteiger partial charge in [0.15, 0.2) is 0 Å². The van der Waals surface area contributed by atoms with Crippen LogP contribution in [0.1, 0.15) is 30.9 Å². The van der Waals surface area contributed by atoms with Crippen LogP contribution in [0.5, 0.6) is 5.75 Å². The Morgan fingerprint density at radius 3 is 2.74 bits per heavy atom. The highest BCUT2D eigenvalue weighted by molar-refractivity contribution is 9.10. The van der Waals surface area contributed by atoms with Gasteiger partial charge in [-0.05, 0) is 65.0 Å². The van der Waals surface area contributed by atoms with E-state index in [1.54, 1.807) is 0 Å². The van der Waals surface area contributed by atoms with Crippen LogP contribution < -0.4 is 10.1 Å². The van der Waals surface area contributed by atoms with Gasteiger partial charge in [0, 0.05) is 12.1 Å². The Balaban J connectivity index is 1.76. The first-order chi connectivity index (χ1) is 11.1. The summed E-state index contributed by atoms with van der Waals surface area (Å²) in [7, 11) is 0. The molecule has 1 amide bonds. The molecule has 0 fully saturated rings. The van der Waals surface area contributed by atoms with Gasteiger partial charge in [0.1, 0.15) is 5.75 Å². The van der Waals surface area contributed by atoms with Crippen LogP contribution in [0.25, 0.3) is 0 Å². The number of carbonyl (C=O) groups is 1. The number of anilines is 1. The molecule has 0 aliphatic heterocycles. The average Bonchev–Trinajstić information content (AvgIpc) is 2.53. The van der Waals surface area contributed by atoms with Crippen LogP contribution in [0.3, 0.4) is 0 Å². The summed E-state index contributed by atoms with van der Waals surface area (Å²) in [5.41, 5.74) is 3.24. The van der Waals surface area contributed by atoms with Gasteiger partial charge in [-0.3, -0.25) is 4.79 Å². The number of aryl methyl sites for hydroxylation is 2. The van der Waals surface area contributed by atoms with E-state index in [2.05, 4.69) is 28.2 Å². The number of benzene rings is 2. The molecule has 3 nitrogen and oxygen atoms in total. The smallest absolute Gasteiger partial charge is 0.224 e. The third kappa shape index (κ3) is 5.39. The third-order valence-corrected chi connectivity index (χ3v) is 4.19. The number of hydrogen-bond acceptors (Lipinski definition) is 2. The Morgan fingerprint density at radius 1 is 1.22 bits per heavy atom. The minimum Gasteiger partial charge on any atom is -0.492 e. The molecule has 1 N–H and O–H groups in total. The van der Waals surface area contributed by atoms with E-state index in [4.69, 9.17) is 4.74 Å². The quantitative estimate of drug-likeness (QED) is 0.682. The summed E-state index contributed by atoms with van der Waals surface area (Å²) in [6.45, 7) is 4.63. The highest BCUT2D eigenvalue weighted by atomic mass is 79.9. The van der Waals surface area contributed by atoms with E-state index in [-0.39, 0.29) is 5.91 Å². The Hall–Kier alpha value is -1.81. The van der Waals surface area contributed by atoms with Gasteiger partial charge in [-0.25, -0.2) is 0 Å². The summed E-state index contributed by atoms with van der Waals surface area (Å²) in [4.78, 5) is 12.0. The SMILES string of the molecule is CCc1ccccc1NC(=O)CCCOc1ccc(C)cc1Br. The molecule has 0 atom stereocenters. The van der Waals surface area contributed by atoms with Gasteiger partial charge in [-0.2, -0.15) is 0 Å². The standard InChI is InChI=1S/C19H22BrNO2/c1-3-15-7-4-5-8-17(15)21-19(22)9-6-12-23-18-11-10-14(2)13-16(18)20/h4-5,7-8,10-11,13H,3,6,9,12H2,1-2H3,(H,21,22). The van der Waals surface area contributed by atoms with E-state index in [9.17, 15) is 4.79 Å². The number of carbonyl (C=O) groups excluding carboxylic acids is 1. The topological polar surface area (TPSA) is 38.3 Å². The first-order valence-corrected chi connectivity index (χ1v) is 8.66. The number of amides is 1. The molecule has 23 heavy (non-hydrogen) atoms. The van der Waals surface area contributed by atoms with Crippen molar-refractivity contribution in [2.45, 2.75) is 33.1 Å².